The maximum absolute atomic E-state index is 12.2. The van der Waals surface area contributed by atoms with Gasteiger partial charge in [0.05, 0.1) is 0 Å². The van der Waals surface area contributed by atoms with Gasteiger partial charge in [-0.05, 0) is 44.5 Å². The van der Waals surface area contributed by atoms with Gasteiger partial charge in [-0.1, -0.05) is 11.6 Å². The maximum atomic E-state index is 12.2. The number of esters is 1. The molecule has 1 aliphatic carbocycles. The minimum atomic E-state index is -2.14. The number of hydrogen-bond donors (Lipinski definition) is 1. The predicted molar refractivity (Wildman–Crippen MR) is 70.3 cm³/mol. The fraction of sp³-hybridized carbons (Fsp3) is 0.429. The molecule has 2 rings (SSSR count). The number of benzene rings is 1. The molecule has 1 aromatic rings. The van der Waals surface area contributed by atoms with Crippen molar-refractivity contribution in [1.82, 2.24) is 0 Å². The molecule has 102 valence electrons. The van der Waals surface area contributed by atoms with Gasteiger partial charge >= 0.3 is 5.97 Å². The second kappa shape index (κ2) is 4.32. The van der Waals surface area contributed by atoms with E-state index in [0.29, 0.717) is 16.1 Å². The SMILES string of the molecule is CC(C)(C)OC(=O)[C@]1(O)Cc2cc(Cl)ccc2C1=O. The van der Waals surface area contributed by atoms with E-state index in [4.69, 9.17) is 16.3 Å². The van der Waals surface area contributed by atoms with Crippen molar-refractivity contribution in [1.29, 1.82) is 0 Å². The van der Waals surface area contributed by atoms with E-state index in [9.17, 15) is 14.7 Å². The number of halogens is 1. The summed E-state index contributed by atoms with van der Waals surface area (Å²) < 4.78 is 5.11. The van der Waals surface area contributed by atoms with Gasteiger partial charge in [-0.3, -0.25) is 4.79 Å². The van der Waals surface area contributed by atoms with Gasteiger partial charge in [-0.25, -0.2) is 4.79 Å². The molecule has 0 heterocycles. The van der Waals surface area contributed by atoms with E-state index in [1.165, 1.54) is 6.07 Å². The lowest BCUT2D eigenvalue weighted by molar-refractivity contribution is -0.171. The summed E-state index contributed by atoms with van der Waals surface area (Å²) in [7, 11) is 0. The highest BCUT2D eigenvalue weighted by molar-refractivity contribution is 6.31. The summed E-state index contributed by atoms with van der Waals surface area (Å²) in [5.74, 6) is -1.55. The molecule has 1 atom stereocenters. The normalized spacial score (nSPS) is 22.3. The third kappa shape index (κ3) is 2.51. The first-order chi connectivity index (χ1) is 8.63. The monoisotopic (exact) mass is 282 g/mol. The van der Waals surface area contributed by atoms with Crippen LogP contribution in [-0.4, -0.2) is 28.1 Å². The van der Waals surface area contributed by atoms with Crippen molar-refractivity contribution in [2.75, 3.05) is 0 Å². The highest BCUT2D eigenvalue weighted by Gasteiger charge is 2.52. The molecule has 0 aliphatic heterocycles. The molecule has 0 aromatic heterocycles. The van der Waals surface area contributed by atoms with Crippen molar-refractivity contribution < 1.29 is 19.4 Å². The topological polar surface area (TPSA) is 63.6 Å². The van der Waals surface area contributed by atoms with E-state index in [2.05, 4.69) is 0 Å². The Hall–Kier alpha value is -1.39. The van der Waals surface area contributed by atoms with Crippen LogP contribution in [0.1, 0.15) is 36.7 Å². The number of ketones is 1. The number of ether oxygens (including phenoxy) is 1. The van der Waals surface area contributed by atoms with E-state index in [0.717, 1.165) is 0 Å². The van der Waals surface area contributed by atoms with E-state index in [1.54, 1.807) is 32.9 Å². The summed E-state index contributed by atoms with van der Waals surface area (Å²) in [6.07, 6.45) is -0.101. The number of Topliss-reactive ketones (excluding diaryl/α,β-unsaturated/α-hetero) is 1. The molecule has 0 unspecified atom stereocenters. The van der Waals surface area contributed by atoms with Gasteiger partial charge in [-0.15, -0.1) is 0 Å². The van der Waals surface area contributed by atoms with Crippen LogP contribution < -0.4 is 0 Å². The molecule has 0 saturated heterocycles. The Kier molecular flexibility index (Phi) is 3.19. The summed E-state index contributed by atoms with van der Waals surface area (Å²) in [5.41, 5.74) is -2.02. The summed E-state index contributed by atoms with van der Waals surface area (Å²) in [5, 5.41) is 10.8. The van der Waals surface area contributed by atoms with Crippen LogP contribution in [0.4, 0.5) is 0 Å². The van der Waals surface area contributed by atoms with Gasteiger partial charge < -0.3 is 9.84 Å². The van der Waals surface area contributed by atoms with Crippen molar-refractivity contribution in [3.8, 4) is 0 Å². The standard InChI is InChI=1S/C14H15ClO4/c1-13(2,3)19-12(17)14(18)7-8-6-9(15)4-5-10(8)11(14)16/h4-6,18H,7H2,1-3H3/t14-/m0/s1. The number of rotatable bonds is 1. The Labute approximate surface area is 116 Å². The number of aliphatic hydroxyl groups is 1. The third-order valence-corrected chi connectivity index (χ3v) is 3.11. The zero-order valence-electron chi connectivity index (χ0n) is 11.0. The zero-order valence-corrected chi connectivity index (χ0v) is 11.7. The second-order valence-electron chi connectivity index (χ2n) is 5.67. The fourth-order valence-corrected chi connectivity index (χ4v) is 2.23. The minimum absolute atomic E-state index is 0.101. The summed E-state index contributed by atoms with van der Waals surface area (Å²) in [6.45, 7) is 5.03. The molecule has 0 spiro atoms. The Morgan fingerprint density at radius 2 is 2.05 bits per heavy atom. The zero-order chi connectivity index (χ0) is 14.4. The van der Waals surface area contributed by atoms with Crippen LogP contribution in [0.3, 0.4) is 0 Å². The summed E-state index contributed by atoms with van der Waals surface area (Å²) >= 11 is 5.84. The van der Waals surface area contributed by atoms with Gasteiger partial charge in [0, 0.05) is 17.0 Å². The molecule has 5 heteroatoms. The molecule has 0 saturated carbocycles. The van der Waals surface area contributed by atoms with Crippen LogP contribution in [-0.2, 0) is 16.0 Å². The van der Waals surface area contributed by atoms with Crippen molar-refractivity contribution in [2.24, 2.45) is 0 Å². The Morgan fingerprint density at radius 1 is 1.42 bits per heavy atom. The van der Waals surface area contributed by atoms with Crippen molar-refractivity contribution >= 4 is 23.4 Å². The lowest BCUT2D eigenvalue weighted by Crippen LogP contribution is -2.48. The molecule has 1 aliphatic rings. The Bertz CT molecular complexity index is 559. The molecule has 0 amide bonds. The molecule has 1 N–H and O–H groups in total. The highest BCUT2D eigenvalue weighted by atomic mass is 35.5. The molecular formula is C14H15ClO4. The highest BCUT2D eigenvalue weighted by Crippen LogP contribution is 2.33. The summed E-state index contributed by atoms with van der Waals surface area (Å²) in [4.78, 5) is 24.2. The quantitative estimate of drug-likeness (QED) is 0.633. The van der Waals surface area contributed by atoms with Gasteiger partial charge in [0.2, 0.25) is 11.4 Å². The maximum Gasteiger partial charge on any atom is 0.347 e. The van der Waals surface area contributed by atoms with Crippen molar-refractivity contribution in [3.05, 3.63) is 34.3 Å². The molecule has 0 radical (unpaired) electrons. The molecule has 19 heavy (non-hydrogen) atoms. The van der Waals surface area contributed by atoms with E-state index >= 15 is 0 Å². The first-order valence-corrected chi connectivity index (χ1v) is 6.30. The van der Waals surface area contributed by atoms with Crippen LogP contribution in [0.5, 0.6) is 0 Å². The van der Waals surface area contributed by atoms with Crippen molar-refractivity contribution in [2.45, 2.75) is 38.4 Å². The molecule has 4 nitrogen and oxygen atoms in total. The Morgan fingerprint density at radius 3 is 2.63 bits per heavy atom. The first kappa shape index (κ1) is 14.0. The second-order valence-corrected chi connectivity index (χ2v) is 6.11. The first-order valence-electron chi connectivity index (χ1n) is 5.92. The number of hydrogen-bond acceptors (Lipinski definition) is 4. The number of carbonyl (C=O) groups is 2. The average Bonchev–Trinajstić information content (AvgIpc) is 2.49. The number of fused-ring (bicyclic) bond motifs is 1. The van der Waals surface area contributed by atoms with Crippen LogP contribution >= 0.6 is 11.6 Å². The number of carbonyl (C=O) groups excluding carboxylic acids is 2. The van der Waals surface area contributed by atoms with Gasteiger partial charge in [-0.2, -0.15) is 0 Å². The lowest BCUT2D eigenvalue weighted by atomic mass is 9.99. The van der Waals surface area contributed by atoms with Crippen molar-refractivity contribution in [3.63, 3.8) is 0 Å². The largest absolute Gasteiger partial charge is 0.457 e. The van der Waals surface area contributed by atoms with Crippen LogP contribution in [0.15, 0.2) is 18.2 Å². The van der Waals surface area contributed by atoms with Crippen LogP contribution in [0.2, 0.25) is 5.02 Å². The molecule has 0 fully saturated rings. The van der Waals surface area contributed by atoms with Gasteiger partial charge in [0.1, 0.15) is 5.60 Å². The fourth-order valence-electron chi connectivity index (χ4n) is 2.04. The summed E-state index contributed by atoms with van der Waals surface area (Å²) in [6, 6.07) is 4.65. The van der Waals surface area contributed by atoms with E-state index < -0.39 is 23.0 Å². The van der Waals surface area contributed by atoms with E-state index in [1.807, 2.05) is 0 Å². The van der Waals surface area contributed by atoms with Gasteiger partial charge in [0.15, 0.2) is 0 Å². The molecular weight excluding hydrogens is 268 g/mol. The van der Waals surface area contributed by atoms with E-state index in [-0.39, 0.29) is 6.42 Å². The van der Waals surface area contributed by atoms with Crippen LogP contribution in [0.25, 0.3) is 0 Å². The van der Waals surface area contributed by atoms with Crippen LogP contribution in [0, 0.1) is 0 Å². The Balaban J connectivity index is 2.34. The predicted octanol–water partition coefficient (Wildman–Crippen LogP) is 2.15. The average molecular weight is 283 g/mol. The minimum Gasteiger partial charge on any atom is -0.457 e. The van der Waals surface area contributed by atoms with Gasteiger partial charge in [0.25, 0.3) is 0 Å². The molecule has 0 bridgehead atoms. The molecule has 1 aromatic carbocycles. The third-order valence-electron chi connectivity index (χ3n) is 2.87. The lowest BCUT2D eigenvalue weighted by Gasteiger charge is -2.25. The smallest absolute Gasteiger partial charge is 0.347 e.